The van der Waals surface area contributed by atoms with Crippen molar-refractivity contribution in [3.63, 3.8) is 0 Å². The van der Waals surface area contributed by atoms with Crippen LogP contribution in [-0.4, -0.2) is 19.8 Å². The Morgan fingerprint density at radius 3 is 2.25 bits per heavy atom. The van der Waals surface area contributed by atoms with Crippen molar-refractivity contribution in [3.8, 4) is 0 Å². The number of rotatable bonds is 1. The van der Waals surface area contributed by atoms with Gasteiger partial charge in [0, 0.05) is 0 Å². The van der Waals surface area contributed by atoms with Crippen molar-refractivity contribution < 1.29 is 5.11 Å². The molecule has 0 radical (unpaired) electrons. The van der Waals surface area contributed by atoms with Crippen LogP contribution in [-0.2, 0) is 0 Å². The van der Waals surface area contributed by atoms with Crippen LogP contribution in [0.5, 0.6) is 0 Å². The van der Waals surface area contributed by atoms with E-state index in [4.69, 9.17) is 5.11 Å². The molecule has 0 fully saturated rings. The summed E-state index contributed by atoms with van der Waals surface area (Å²) in [6, 6.07) is 0. The molecule has 0 rings (SSSR count). The maximum absolute atomic E-state index is 7.76. The Kier molecular flexibility index (Phi) is 2.97. The van der Waals surface area contributed by atoms with Crippen LogP contribution >= 0.6 is 0 Å². The summed E-state index contributed by atoms with van der Waals surface area (Å²) >= 11 is 0. The molecule has 0 aliphatic rings. The first-order chi connectivity index (χ1) is 1.91. The topological polar surface area (TPSA) is 32.3 Å². The fourth-order valence-corrected chi connectivity index (χ4v) is 0. The fraction of sp³-hybridized carbons (Fsp3) is 1.00. The first-order valence-corrected chi connectivity index (χ1v) is 1.17. The van der Waals surface area contributed by atoms with Crippen molar-refractivity contribution in [2.24, 2.45) is 0 Å². The number of aliphatic hydroxyl groups excluding tert-OH is 1. The molecule has 0 aliphatic heterocycles. The minimum atomic E-state index is 0.0694. The molecule has 0 unspecified atom stereocenters. The highest BCUT2D eigenvalue weighted by Crippen LogP contribution is 1.22. The van der Waals surface area contributed by atoms with Gasteiger partial charge >= 0.3 is 0 Å². The van der Waals surface area contributed by atoms with Gasteiger partial charge in [-0.25, -0.2) is 0 Å². The van der Waals surface area contributed by atoms with E-state index < -0.39 is 0 Å². The molecule has 0 saturated carbocycles. The van der Waals surface area contributed by atoms with Crippen molar-refractivity contribution in [1.82, 2.24) is 5.23 Å². The van der Waals surface area contributed by atoms with E-state index in [9.17, 15) is 0 Å². The summed E-state index contributed by atoms with van der Waals surface area (Å²) in [5.41, 5.74) is 0. The molecule has 24 valence electrons. The second-order valence-electron chi connectivity index (χ2n) is 0.512. The molecule has 0 aromatic rings. The molecule has 0 spiro atoms. The van der Waals surface area contributed by atoms with E-state index in [0.29, 0.717) is 0 Å². The Labute approximate surface area is 26.3 Å². The van der Waals surface area contributed by atoms with Gasteiger partial charge < -0.3 is 10.3 Å². The van der Waals surface area contributed by atoms with Crippen molar-refractivity contribution in [1.29, 1.82) is 0 Å². The Hall–Kier alpha value is -0.0151. The van der Waals surface area contributed by atoms with Crippen molar-refractivity contribution >= 4 is 7.98 Å². The second-order valence-corrected chi connectivity index (χ2v) is 0.512. The third-order valence-electron chi connectivity index (χ3n) is 0.158. The zero-order valence-electron chi connectivity index (χ0n) is 2.65. The fourth-order valence-electron chi connectivity index (χ4n) is 0. The van der Waals surface area contributed by atoms with Crippen molar-refractivity contribution in [2.75, 3.05) is 6.73 Å². The molecule has 3 heteroatoms. The van der Waals surface area contributed by atoms with Crippen LogP contribution in [0, 0.1) is 0 Å². The summed E-state index contributed by atoms with van der Waals surface area (Å²) in [7, 11) is 1.68. The van der Waals surface area contributed by atoms with Gasteiger partial charge in [0.15, 0.2) is 7.98 Å². The van der Waals surface area contributed by atoms with Gasteiger partial charge in [-0.05, 0) is 0 Å². The van der Waals surface area contributed by atoms with Gasteiger partial charge in [-0.2, -0.15) is 0 Å². The Morgan fingerprint density at radius 2 is 2.25 bits per heavy atom. The molecule has 0 aliphatic carbocycles. The number of aliphatic hydroxyl groups is 1. The van der Waals surface area contributed by atoms with Crippen LogP contribution in [0.4, 0.5) is 0 Å². The minimum absolute atomic E-state index is 0.0694. The van der Waals surface area contributed by atoms with Crippen LogP contribution in [0.3, 0.4) is 0 Å². The highest BCUT2D eigenvalue weighted by atomic mass is 16.3. The van der Waals surface area contributed by atoms with E-state index in [1.54, 1.807) is 7.98 Å². The van der Waals surface area contributed by atoms with Gasteiger partial charge in [-0.1, -0.05) is 0 Å². The molecule has 0 atom stereocenters. The average Bonchev–Trinajstić information content (AvgIpc) is 1.37. The van der Waals surface area contributed by atoms with Gasteiger partial charge in [-0.3, -0.25) is 0 Å². The Bertz CT molecular complexity index is 10.0. The van der Waals surface area contributed by atoms with E-state index in [1.165, 1.54) is 0 Å². The van der Waals surface area contributed by atoms with E-state index in [-0.39, 0.29) is 6.73 Å². The van der Waals surface area contributed by atoms with E-state index in [1.807, 2.05) is 0 Å². The Morgan fingerprint density at radius 1 is 2.00 bits per heavy atom. The summed E-state index contributed by atoms with van der Waals surface area (Å²) in [5.74, 6) is 0. The first-order valence-electron chi connectivity index (χ1n) is 1.17. The predicted octanol–water partition coefficient (Wildman–Crippen LogP) is -1.93. The molecule has 0 heterocycles. The lowest BCUT2D eigenvalue weighted by Crippen LogP contribution is -2.07. The zero-order valence-corrected chi connectivity index (χ0v) is 2.65. The predicted molar refractivity (Wildman–Crippen MR) is 18.8 cm³/mol. The minimum Gasteiger partial charge on any atom is -0.382 e. The third kappa shape index (κ3) is 1.98. The van der Waals surface area contributed by atoms with Gasteiger partial charge in [0.2, 0.25) is 0 Å². The molecule has 0 aromatic heterocycles. The molecule has 0 bridgehead atoms. The van der Waals surface area contributed by atoms with Crippen LogP contribution in [0.15, 0.2) is 0 Å². The van der Waals surface area contributed by atoms with E-state index >= 15 is 0 Å². The summed E-state index contributed by atoms with van der Waals surface area (Å²) in [6.45, 7) is 0.0694. The molecule has 2 nitrogen and oxygen atoms in total. The zero-order chi connectivity index (χ0) is 3.41. The summed E-state index contributed by atoms with van der Waals surface area (Å²) in [6.07, 6.45) is 0. The van der Waals surface area contributed by atoms with Gasteiger partial charge in [0.1, 0.15) is 0 Å². The van der Waals surface area contributed by atoms with E-state index in [2.05, 4.69) is 5.23 Å². The second kappa shape index (κ2) is 2.98. The van der Waals surface area contributed by atoms with Crippen LogP contribution in [0.1, 0.15) is 0 Å². The normalized spacial score (nSPS) is 7.25. The third-order valence-corrected chi connectivity index (χ3v) is 0.158. The van der Waals surface area contributed by atoms with Gasteiger partial charge in [0.25, 0.3) is 0 Å². The lowest BCUT2D eigenvalue weighted by Gasteiger charge is -1.76. The summed E-state index contributed by atoms with van der Waals surface area (Å²) in [4.78, 5) is 0. The summed E-state index contributed by atoms with van der Waals surface area (Å²) in [5, 5.41) is 10.2. The van der Waals surface area contributed by atoms with Crippen LogP contribution < -0.4 is 5.23 Å². The van der Waals surface area contributed by atoms with Crippen LogP contribution in [0.2, 0.25) is 0 Å². The molecular weight excluding hydrogens is 52.8 g/mol. The number of nitrogens with one attached hydrogen (secondary N) is 1. The van der Waals surface area contributed by atoms with E-state index in [0.717, 1.165) is 0 Å². The summed E-state index contributed by atoms with van der Waals surface area (Å²) < 4.78 is 0. The molecule has 4 heavy (non-hydrogen) atoms. The van der Waals surface area contributed by atoms with Gasteiger partial charge in [-0.15, -0.1) is 0 Å². The van der Waals surface area contributed by atoms with Crippen molar-refractivity contribution in [3.05, 3.63) is 0 Å². The monoisotopic (exact) mass is 59.1 g/mol. The SMILES string of the molecule is BNCO. The molecule has 0 amide bonds. The molecule has 0 saturated heterocycles. The standard InChI is InChI=1S/CH6BNO/c2-3-1-4/h3-4H,1-2H2. The highest BCUT2D eigenvalue weighted by molar-refractivity contribution is 6.04. The quantitative estimate of drug-likeness (QED) is 0.272. The molecule has 2 N–H and O–H groups in total. The smallest absolute Gasteiger partial charge is 0.184 e. The average molecular weight is 58.9 g/mol. The lowest BCUT2D eigenvalue weighted by molar-refractivity contribution is 0.291. The van der Waals surface area contributed by atoms with Crippen LogP contribution in [0.25, 0.3) is 0 Å². The molecule has 0 aromatic carbocycles. The van der Waals surface area contributed by atoms with Gasteiger partial charge in [0.05, 0.1) is 6.73 Å². The maximum atomic E-state index is 7.76. The lowest BCUT2D eigenvalue weighted by atomic mass is 10.5. The Balaban J connectivity index is 1.97. The largest absolute Gasteiger partial charge is 0.382 e. The highest BCUT2D eigenvalue weighted by Gasteiger charge is 1.52. The number of hydrogen-bond acceptors (Lipinski definition) is 2. The van der Waals surface area contributed by atoms with Crippen molar-refractivity contribution in [2.45, 2.75) is 0 Å². The maximum Gasteiger partial charge on any atom is 0.184 e. The molecular formula is CH6BNO. The number of hydrogen-bond donors (Lipinski definition) is 2. The first kappa shape index (κ1) is 3.98.